The first-order valence-electron chi connectivity index (χ1n) is 3.42. The van der Waals surface area contributed by atoms with Crippen LogP contribution in [0.5, 0.6) is 0 Å². The molecule has 1 aliphatic rings. The Hall–Kier alpha value is -0.890. The summed E-state index contributed by atoms with van der Waals surface area (Å²) < 4.78 is 5.38. The molecule has 0 radical (unpaired) electrons. The summed E-state index contributed by atoms with van der Waals surface area (Å²) in [6, 6.07) is 2.02. The highest BCUT2D eigenvalue weighted by atomic mass is 16.5. The van der Waals surface area contributed by atoms with Crippen molar-refractivity contribution in [3.05, 3.63) is 29.6 Å². The van der Waals surface area contributed by atoms with Gasteiger partial charge in [-0.3, -0.25) is 4.98 Å². The molecule has 1 aliphatic heterocycles. The molecule has 2 rings (SSSR count). The van der Waals surface area contributed by atoms with Gasteiger partial charge in [-0.05, 0) is 18.6 Å². The van der Waals surface area contributed by atoms with Crippen LogP contribution in [-0.2, 0) is 11.3 Å². The van der Waals surface area contributed by atoms with Gasteiger partial charge >= 0.3 is 0 Å². The van der Waals surface area contributed by atoms with Crippen LogP contribution >= 0.6 is 0 Å². The van der Waals surface area contributed by atoms with E-state index in [2.05, 4.69) is 11.9 Å². The molecule has 0 N–H and O–H groups in total. The molecule has 0 aliphatic carbocycles. The fourth-order valence-corrected chi connectivity index (χ4v) is 1.26. The summed E-state index contributed by atoms with van der Waals surface area (Å²) in [4.78, 5) is 4.01. The Bertz CT molecular complexity index is 247. The summed E-state index contributed by atoms with van der Waals surface area (Å²) in [5, 5.41) is 0. The third kappa shape index (κ3) is 0.727. The number of rotatable bonds is 0. The van der Waals surface area contributed by atoms with Gasteiger partial charge in [0.05, 0.1) is 12.7 Å². The third-order valence-electron chi connectivity index (χ3n) is 1.87. The quantitative estimate of drug-likeness (QED) is 0.540. The smallest absolute Gasteiger partial charge is 0.0806 e. The minimum absolute atomic E-state index is 0.262. The van der Waals surface area contributed by atoms with E-state index in [4.69, 9.17) is 4.74 Å². The van der Waals surface area contributed by atoms with Gasteiger partial charge in [0, 0.05) is 18.0 Å². The van der Waals surface area contributed by atoms with Crippen LogP contribution in [0.4, 0.5) is 0 Å². The molecule has 0 bridgehead atoms. The van der Waals surface area contributed by atoms with Gasteiger partial charge in [-0.1, -0.05) is 0 Å². The Morgan fingerprint density at radius 2 is 2.60 bits per heavy atom. The van der Waals surface area contributed by atoms with E-state index in [-0.39, 0.29) is 6.10 Å². The average Bonchev–Trinajstić information content (AvgIpc) is 2.34. The fraction of sp³-hybridized carbons (Fsp3) is 0.375. The molecule has 0 spiro atoms. The average molecular weight is 135 g/mol. The van der Waals surface area contributed by atoms with Crippen LogP contribution in [0.1, 0.15) is 24.2 Å². The van der Waals surface area contributed by atoms with Gasteiger partial charge in [-0.15, -0.1) is 0 Å². The SMILES string of the molecule is CC1OCc2cnccc21. The van der Waals surface area contributed by atoms with Gasteiger partial charge < -0.3 is 4.74 Å². The summed E-state index contributed by atoms with van der Waals surface area (Å²) >= 11 is 0. The normalized spacial score (nSPS) is 22.7. The molecule has 1 aromatic rings. The van der Waals surface area contributed by atoms with Crippen molar-refractivity contribution in [1.29, 1.82) is 0 Å². The molecule has 2 heterocycles. The van der Waals surface area contributed by atoms with Crippen molar-refractivity contribution in [2.75, 3.05) is 0 Å². The molecule has 52 valence electrons. The van der Waals surface area contributed by atoms with Gasteiger partial charge in [0.1, 0.15) is 0 Å². The van der Waals surface area contributed by atoms with Crippen molar-refractivity contribution in [2.45, 2.75) is 19.6 Å². The Labute approximate surface area is 59.9 Å². The van der Waals surface area contributed by atoms with Gasteiger partial charge in [-0.25, -0.2) is 0 Å². The lowest BCUT2D eigenvalue weighted by Gasteiger charge is -2.00. The summed E-state index contributed by atoms with van der Waals surface area (Å²) in [5.74, 6) is 0. The Morgan fingerprint density at radius 3 is 3.40 bits per heavy atom. The lowest BCUT2D eigenvalue weighted by atomic mass is 10.1. The first-order valence-corrected chi connectivity index (χ1v) is 3.42. The van der Waals surface area contributed by atoms with Crippen LogP contribution in [0, 0.1) is 0 Å². The number of fused-ring (bicyclic) bond motifs is 1. The van der Waals surface area contributed by atoms with Crippen molar-refractivity contribution in [2.24, 2.45) is 0 Å². The van der Waals surface area contributed by atoms with E-state index in [1.807, 2.05) is 18.5 Å². The minimum Gasteiger partial charge on any atom is -0.369 e. The van der Waals surface area contributed by atoms with Crippen molar-refractivity contribution >= 4 is 0 Å². The van der Waals surface area contributed by atoms with E-state index in [0.717, 1.165) is 6.61 Å². The van der Waals surface area contributed by atoms with Crippen molar-refractivity contribution in [3.8, 4) is 0 Å². The second kappa shape index (κ2) is 2.06. The predicted octanol–water partition coefficient (Wildman–Crippen LogP) is 1.67. The van der Waals surface area contributed by atoms with Gasteiger partial charge in [-0.2, -0.15) is 0 Å². The molecule has 0 aromatic carbocycles. The Balaban J connectivity index is 2.51. The number of hydrogen-bond donors (Lipinski definition) is 0. The van der Waals surface area contributed by atoms with E-state index < -0.39 is 0 Å². The van der Waals surface area contributed by atoms with E-state index in [1.54, 1.807) is 0 Å². The standard InChI is InChI=1S/C8H9NO/c1-6-8-2-3-9-4-7(8)5-10-6/h2-4,6H,5H2,1H3. The summed E-state index contributed by atoms with van der Waals surface area (Å²) in [7, 11) is 0. The zero-order valence-corrected chi connectivity index (χ0v) is 5.87. The number of aromatic nitrogens is 1. The second-order valence-corrected chi connectivity index (χ2v) is 2.53. The molecule has 0 saturated heterocycles. The topological polar surface area (TPSA) is 22.1 Å². The van der Waals surface area contributed by atoms with Gasteiger partial charge in [0.2, 0.25) is 0 Å². The zero-order valence-electron chi connectivity index (χ0n) is 5.87. The monoisotopic (exact) mass is 135 g/mol. The maximum absolute atomic E-state index is 5.38. The number of ether oxygens (including phenoxy) is 1. The first-order chi connectivity index (χ1) is 4.88. The lowest BCUT2D eigenvalue weighted by molar-refractivity contribution is 0.0796. The second-order valence-electron chi connectivity index (χ2n) is 2.53. The number of pyridine rings is 1. The van der Waals surface area contributed by atoms with Crippen molar-refractivity contribution in [3.63, 3.8) is 0 Å². The molecule has 1 unspecified atom stereocenters. The third-order valence-corrected chi connectivity index (χ3v) is 1.87. The van der Waals surface area contributed by atoms with E-state index in [9.17, 15) is 0 Å². The molecule has 10 heavy (non-hydrogen) atoms. The Morgan fingerprint density at radius 1 is 1.70 bits per heavy atom. The summed E-state index contributed by atoms with van der Waals surface area (Å²) in [5.41, 5.74) is 2.52. The van der Waals surface area contributed by atoms with Crippen LogP contribution in [-0.4, -0.2) is 4.98 Å². The van der Waals surface area contributed by atoms with Gasteiger partial charge in [0.15, 0.2) is 0 Å². The molecular weight excluding hydrogens is 126 g/mol. The molecule has 2 nitrogen and oxygen atoms in total. The molecular formula is C8H9NO. The lowest BCUT2D eigenvalue weighted by Crippen LogP contribution is -1.87. The molecule has 0 amide bonds. The Kier molecular flexibility index (Phi) is 1.21. The summed E-state index contributed by atoms with van der Waals surface area (Å²) in [6.07, 6.45) is 3.95. The zero-order chi connectivity index (χ0) is 6.97. The van der Waals surface area contributed by atoms with Crippen LogP contribution in [0.15, 0.2) is 18.5 Å². The van der Waals surface area contributed by atoms with E-state index in [0.29, 0.717) is 0 Å². The largest absolute Gasteiger partial charge is 0.369 e. The highest BCUT2D eigenvalue weighted by Gasteiger charge is 2.17. The molecule has 0 fully saturated rings. The van der Waals surface area contributed by atoms with E-state index >= 15 is 0 Å². The van der Waals surface area contributed by atoms with Crippen molar-refractivity contribution < 1.29 is 4.74 Å². The molecule has 1 aromatic heterocycles. The van der Waals surface area contributed by atoms with Crippen LogP contribution in [0.25, 0.3) is 0 Å². The minimum atomic E-state index is 0.262. The fourth-order valence-electron chi connectivity index (χ4n) is 1.26. The van der Waals surface area contributed by atoms with Crippen LogP contribution in [0.2, 0.25) is 0 Å². The van der Waals surface area contributed by atoms with Crippen LogP contribution in [0.3, 0.4) is 0 Å². The first kappa shape index (κ1) is 5.86. The van der Waals surface area contributed by atoms with Gasteiger partial charge in [0.25, 0.3) is 0 Å². The molecule has 2 heteroatoms. The maximum atomic E-state index is 5.38. The maximum Gasteiger partial charge on any atom is 0.0806 e. The summed E-state index contributed by atoms with van der Waals surface area (Å²) in [6.45, 7) is 2.79. The number of hydrogen-bond acceptors (Lipinski definition) is 2. The molecule has 0 saturated carbocycles. The van der Waals surface area contributed by atoms with Crippen LogP contribution < -0.4 is 0 Å². The highest BCUT2D eigenvalue weighted by molar-refractivity contribution is 5.27. The van der Waals surface area contributed by atoms with E-state index in [1.165, 1.54) is 11.1 Å². The number of nitrogens with zero attached hydrogens (tertiary/aromatic N) is 1. The highest BCUT2D eigenvalue weighted by Crippen LogP contribution is 2.28. The predicted molar refractivity (Wildman–Crippen MR) is 37.4 cm³/mol. The van der Waals surface area contributed by atoms with Crippen molar-refractivity contribution in [1.82, 2.24) is 4.98 Å². The molecule has 1 atom stereocenters.